The molecule has 1 aromatic rings. The van der Waals surface area contributed by atoms with Gasteiger partial charge in [-0.05, 0) is 61.6 Å². The molecule has 0 saturated heterocycles. The zero-order chi connectivity index (χ0) is 18.8. The van der Waals surface area contributed by atoms with Crippen molar-refractivity contribution in [3.05, 3.63) is 29.8 Å². The van der Waals surface area contributed by atoms with E-state index in [0.29, 0.717) is 11.3 Å². The summed E-state index contributed by atoms with van der Waals surface area (Å²) in [7, 11) is -3.69. The fourth-order valence-electron chi connectivity index (χ4n) is 3.58. The maximum absolute atomic E-state index is 12.5. The zero-order valence-electron chi connectivity index (χ0n) is 15.6. The molecule has 1 amide bonds. The second-order valence-corrected chi connectivity index (χ2v) is 9.82. The maximum atomic E-state index is 12.5. The maximum Gasteiger partial charge on any atom is 0.238 e. The van der Waals surface area contributed by atoms with Crippen molar-refractivity contribution >= 4 is 15.9 Å². The standard InChI is InChI=1S/C19H30N2O3S/c1-13(14-7-11-17(12-8-14)25(20,23)24)21-18(22)15-5-9-16(10-6-15)19(2,3)4/h7-8,11-13,15-16H,5-6,9-10H2,1-4H3,(H,21,22)(H2,20,23,24)/t13-,15?,16?/m1/s1. The Morgan fingerprint density at radius 1 is 1.12 bits per heavy atom. The minimum absolute atomic E-state index is 0.0738. The molecule has 0 unspecified atom stereocenters. The van der Waals surface area contributed by atoms with Gasteiger partial charge in [0.05, 0.1) is 10.9 Å². The Labute approximate surface area is 151 Å². The number of primary sulfonamides is 1. The molecule has 0 bridgehead atoms. The predicted octanol–water partition coefficient (Wildman–Crippen LogP) is 3.36. The quantitative estimate of drug-likeness (QED) is 0.856. The van der Waals surface area contributed by atoms with Gasteiger partial charge in [0.1, 0.15) is 0 Å². The summed E-state index contributed by atoms with van der Waals surface area (Å²) in [4.78, 5) is 12.6. The first-order valence-electron chi connectivity index (χ1n) is 8.91. The molecule has 140 valence electrons. The molecule has 25 heavy (non-hydrogen) atoms. The van der Waals surface area contributed by atoms with Gasteiger partial charge < -0.3 is 5.32 Å². The largest absolute Gasteiger partial charge is 0.349 e. The summed E-state index contributed by atoms with van der Waals surface area (Å²) in [6.07, 6.45) is 4.06. The number of nitrogens with two attached hydrogens (primary N) is 1. The van der Waals surface area contributed by atoms with Crippen LogP contribution in [0.25, 0.3) is 0 Å². The van der Waals surface area contributed by atoms with Crippen LogP contribution in [0.2, 0.25) is 0 Å². The highest BCUT2D eigenvalue weighted by Crippen LogP contribution is 2.39. The number of sulfonamides is 1. The molecule has 0 radical (unpaired) electrons. The highest BCUT2D eigenvalue weighted by atomic mass is 32.2. The van der Waals surface area contributed by atoms with Crippen molar-refractivity contribution in [3.8, 4) is 0 Å². The monoisotopic (exact) mass is 366 g/mol. The zero-order valence-corrected chi connectivity index (χ0v) is 16.4. The molecule has 1 fully saturated rings. The second-order valence-electron chi connectivity index (χ2n) is 8.26. The van der Waals surface area contributed by atoms with Crippen molar-refractivity contribution in [1.29, 1.82) is 0 Å². The van der Waals surface area contributed by atoms with Gasteiger partial charge in [-0.1, -0.05) is 32.9 Å². The Balaban J connectivity index is 1.92. The molecule has 2 rings (SSSR count). The third-order valence-corrected chi connectivity index (χ3v) is 6.32. The molecule has 0 aromatic heterocycles. The molecular formula is C19H30N2O3S. The molecular weight excluding hydrogens is 336 g/mol. The summed E-state index contributed by atoms with van der Waals surface area (Å²) in [5.74, 6) is 0.847. The lowest BCUT2D eigenvalue weighted by Crippen LogP contribution is -2.36. The van der Waals surface area contributed by atoms with Gasteiger partial charge in [-0.15, -0.1) is 0 Å². The summed E-state index contributed by atoms with van der Waals surface area (Å²) >= 11 is 0. The van der Waals surface area contributed by atoms with Gasteiger partial charge in [0, 0.05) is 5.92 Å². The van der Waals surface area contributed by atoms with E-state index in [1.54, 1.807) is 12.1 Å². The van der Waals surface area contributed by atoms with Crippen molar-refractivity contribution < 1.29 is 13.2 Å². The van der Waals surface area contributed by atoms with E-state index >= 15 is 0 Å². The van der Waals surface area contributed by atoms with E-state index in [1.165, 1.54) is 12.1 Å². The number of rotatable bonds is 4. The van der Waals surface area contributed by atoms with E-state index in [0.717, 1.165) is 31.2 Å². The van der Waals surface area contributed by atoms with Gasteiger partial charge in [0.2, 0.25) is 15.9 Å². The van der Waals surface area contributed by atoms with Crippen LogP contribution in [0, 0.1) is 17.3 Å². The van der Waals surface area contributed by atoms with Crippen molar-refractivity contribution in [2.24, 2.45) is 22.4 Å². The van der Waals surface area contributed by atoms with Gasteiger partial charge in [-0.3, -0.25) is 4.79 Å². The molecule has 0 spiro atoms. The van der Waals surface area contributed by atoms with Gasteiger partial charge in [-0.25, -0.2) is 13.6 Å². The average Bonchev–Trinajstić information content (AvgIpc) is 2.53. The number of nitrogens with one attached hydrogen (secondary N) is 1. The molecule has 1 aliphatic rings. The second kappa shape index (κ2) is 7.46. The molecule has 1 aromatic carbocycles. The van der Waals surface area contributed by atoms with E-state index in [-0.39, 0.29) is 22.8 Å². The van der Waals surface area contributed by atoms with Crippen molar-refractivity contribution in [3.63, 3.8) is 0 Å². The number of carbonyl (C=O) groups is 1. The summed E-state index contributed by atoms with van der Waals surface area (Å²) in [6, 6.07) is 6.17. The molecule has 6 heteroatoms. The summed E-state index contributed by atoms with van der Waals surface area (Å²) in [5.41, 5.74) is 1.17. The highest BCUT2D eigenvalue weighted by Gasteiger charge is 2.32. The van der Waals surface area contributed by atoms with Gasteiger partial charge in [0.15, 0.2) is 0 Å². The lowest BCUT2D eigenvalue weighted by atomic mass is 9.69. The Morgan fingerprint density at radius 2 is 1.64 bits per heavy atom. The number of benzene rings is 1. The van der Waals surface area contributed by atoms with E-state index in [1.807, 2.05) is 6.92 Å². The van der Waals surface area contributed by atoms with Crippen LogP contribution in [-0.4, -0.2) is 14.3 Å². The number of hydrogen-bond acceptors (Lipinski definition) is 3. The van der Waals surface area contributed by atoms with Crippen LogP contribution < -0.4 is 10.5 Å². The van der Waals surface area contributed by atoms with Crippen LogP contribution in [0.1, 0.15) is 65.0 Å². The Bertz CT molecular complexity index is 697. The van der Waals surface area contributed by atoms with E-state index < -0.39 is 10.0 Å². The third kappa shape index (κ3) is 5.28. The Morgan fingerprint density at radius 3 is 2.08 bits per heavy atom. The Kier molecular flexibility index (Phi) is 5.94. The smallest absolute Gasteiger partial charge is 0.238 e. The molecule has 0 aliphatic heterocycles. The van der Waals surface area contributed by atoms with E-state index in [2.05, 4.69) is 26.1 Å². The van der Waals surface area contributed by atoms with E-state index in [4.69, 9.17) is 5.14 Å². The van der Waals surface area contributed by atoms with Crippen molar-refractivity contribution in [2.45, 2.75) is 64.3 Å². The van der Waals surface area contributed by atoms with Crippen LogP contribution in [0.15, 0.2) is 29.2 Å². The minimum Gasteiger partial charge on any atom is -0.349 e. The first-order chi connectivity index (χ1) is 11.5. The fraction of sp³-hybridized carbons (Fsp3) is 0.632. The van der Waals surface area contributed by atoms with Crippen molar-refractivity contribution in [2.75, 3.05) is 0 Å². The topological polar surface area (TPSA) is 89.3 Å². The van der Waals surface area contributed by atoms with Crippen LogP contribution in [0.5, 0.6) is 0 Å². The lowest BCUT2D eigenvalue weighted by Gasteiger charge is -2.36. The SMILES string of the molecule is C[C@@H](NC(=O)C1CCC(C(C)(C)C)CC1)c1ccc(S(N)(=O)=O)cc1. The van der Waals surface area contributed by atoms with Crippen molar-refractivity contribution in [1.82, 2.24) is 5.32 Å². The lowest BCUT2D eigenvalue weighted by molar-refractivity contribution is -0.127. The van der Waals surface area contributed by atoms with Gasteiger partial charge in [-0.2, -0.15) is 0 Å². The van der Waals surface area contributed by atoms with Gasteiger partial charge >= 0.3 is 0 Å². The summed E-state index contributed by atoms with van der Waals surface area (Å²) in [5, 5.41) is 8.16. The normalized spacial score (nSPS) is 23.1. The van der Waals surface area contributed by atoms with Crippen LogP contribution in [0.4, 0.5) is 0 Å². The molecule has 1 saturated carbocycles. The highest BCUT2D eigenvalue weighted by molar-refractivity contribution is 7.89. The predicted molar refractivity (Wildman–Crippen MR) is 99.3 cm³/mol. The average molecular weight is 367 g/mol. The first kappa shape index (κ1) is 19.9. The molecule has 1 aliphatic carbocycles. The molecule has 5 nitrogen and oxygen atoms in total. The van der Waals surface area contributed by atoms with Crippen LogP contribution in [0.3, 0.4) is 0 Å². The Hall–Kier alpha value is -1.40. The van der Waals surface area contributed by atoms with Gasteiger partial charge in [0.25, 0.3) is 0 Å². The minimum atomic E-state index is -3.69. The third-order valence-electron chi connectivity index (χ3n) is 5.39. The van der Waals surface area contributed by atoms with Crippen LogP contribution in [-0.2, 0) is 14.8 Å². The number of hydrogen-bond donors (Lipinski definition) is 2. The summed E-state index contributed by atoms with van der Waals surface area (Å²) < 4.78 is 22.6. The molecule has 1 atom stereocenters. The molecule has 3 N–H and O–H groups in total. The van der Waals surface area contributed by atoms with Crippen LogP contribution >= 0.6 is 0 Å². The first-order valence-corrected chi connectivity index (χ1v) is 10.5. The fourth-order valence-corrected chi connectivity index (χ4v) is 4.10. The number of carbonyl (C=O) groups excluding carboxylic acids is 1. The number of amides is 1. The molecule has 0 heterocycles. The van der Waals surface area contributed by atoms with E-state index in [9.17, 15) is 13.2 Å². The summed E-state index contributed by atoms with van der Waals surface area (Å²) in [6.45, 7) is 8.71.